The second-order valence-corrected chi connectivity index (χ2v) is 4.72. The molecule has 0 unspecified atom stereocenters. The van der Waals surface area contributed by atoms with Gasteiger partial charge in [-0.1, -0.05) is 6.92 Å². The van der Waals surface area contributed by atoms with E-state index in [1.807, 2.05) is 0 Å². The van der Waals surface area contributed by atoms with Gasteiger partial charge in [0, 0.05) is 25.2 Å². The first kappa shape index (κ1) is 12.0. The number of anilines is 2. The fraction of sp³-hybridized carbons (Fsp3) is 0.538. The summed E-state index contributed by atoms with van der Waals surface area (Å²) in [7, 11) is 1.47. The topological polar surface area (TPSA) is 38.5 Å². The van der Waals surface area contributed by atoms with E-state index >= 15 is 0 Å². The molecule has 1 aromatic rings. The maximum atomic E-state index is 13.4. The van der Waals surface area contributed by atoms with Crippen LogP contribution in [0.5, 0.6) is 5.75 Å². The van der Waals surface area contributed by atoms with E-state index in [2.05, 4.69) is 11.8 Å². The van der Waals surface area contributed by atoms with Crippen molar-refractivity contribution < 1.29 is 9.13 Å². The highest BCUT2D eigenvalue weighted by Gasteiger charge is 2.19. The van der Waals surface area contributed by atoms with Gasteiger partial charge in [0.25, 0.3) is 0 Å². The number of halogens is 1. The summed E-state index contributed by atoms with van der Waals surface area (Å²) in [6, 6.07) is 3.03. The van der Waals surface area contributed by atoms with Crippen molar-refractivity contribution in [2.45, 2.75) is 19.8 Å². The summed E-state index contributed by atoms with van der Waals surface area (Å²) in [4.78, 5) is 2.21. The van der Waals surface area contributed by atoms with Crippen LogP contribution in [0.2, 0.25) is 0 Å². The second-order valence-electron chi connectivity index (χ2n) is 4.72. The van der Waals surface area contributed by atoms with Crippen LogP contribution in [-0.4, -0.2) is 20.2 Å². The number of ether oxygens (including phenoxy) is 1. The van der Waals surface area contributed by atoms with E-state index in [4.69, 9.17) is 10.5 Å². The Kier molecular flexibility index (Phi) is 3.41. The van der Waals surface area contributed by atoms with Gasteiger partial charge in [-0.25, -0.2) is 4.39 Å². The van der Waals surface area contributed by atoms with Gasteiger partial charge in [-0.3, -0.25) is 0 Å². The van der Waals surface area contributed by atoms with Crippen molar-refractivity contribution in [1.29, 1.82) is 0 Å². The summed E-state index contributed by atoms with van der Waals surface area (Å²) in [6.45, 7) is 4.20. The van der Waals surface area contributed by atoms with Crippen molar-refractivity contribution in [3.05, 3.63) is 17.9 Å². The van der Waals surface area contributed by atoms with E-state index in [1.54, 1.807) is 6.07 Å². The third-order valence-electron chi connectivity index (χ3n) is 3.43. The summed E-state index contributed by atoms with van der Waals surface area (Å²) >= 11 is 0. The number of rotatable bonds is 2. The average molecular weight is 238 g/mol. The van der Waals surface area contributed by atoms with E-state index in [9.17, 15) is 4.39 Å². The molecule has 0 spiro atoms. The summed E-state index contributed by atoms with van der Waals surface area (Å²) in [5, 5.41) is 0. The highest BCUT2D eigenvalue weighted by molar-refractivity contribution is 5.70. The molecule has 0 aliphatic carbocycles. The van der Waals surface area contributed by atoms with Crippen LogP contribution < -0.4 is 15.4 Å². The van der Waals surface area contributed by atoms with Crippen molar-refractivity contribution in [3.8, 4) is 5.75 Å². The molecule has 1 aromatic carbocycles. The molecule has 2 N–H and O–H groups in total. The number of methoxy groups -OCH3 is 1. The van der Waals surface area contributed by atoms with Crippen LogP contribution in [0, 0.1) is 11.7 Å². The Morgan fingerprint density at radius 3 is 2.59 bits per heavy atom. The molecule has 0 bridgehead atoms. The zero-order valence-corrected chi connectivity index (χ0v) is 10.4. The molecule has 1 aliphatic heterocycles. The summed E-state index contributed by atoms with van der Waals surface area (Å²) < 4.78 is 18.4. The minimum Gasteiger partial charge on any atom is -0.494 e. The van der Waals surface area contributed by atoms with E-state index in [-0.39, 0.29) is 5.75 Å². The van der Waals surface area contributed by atoms with Crippen molar-refractivity contribution in [1.82, 2.24) is 0 Å². The smallest absolute Gasteiger partial charge is 0.167 e. The third-order valence-corrected chi connectivity index (χ3v) is 3.43. The molecule has 17 heavy (non-hydrogen) atoms. The first-order valence-corrected chi connectivity index (χ1v) is 5.99. The zero-order chi connectivity index (χ0) is 12.4. The van der Waals surface area contributed by atoms with Crippen LogP contribution in [0.4, 0.5) is 15.8 Å². The van der Waals surface area contributed by atoms with E-state index in [0.29, 0.717) is 5.69 Å². The van der Waals surface area contributed by atoms with Gasteiger partial charge in [0.15, 0.2) is 11.6 Å². The number of hydrogen-bond donors (Lipinski definition) is 1. The molecule has 94 valence electrons. The van der Waals surface area contributed by atoms with E-state index in [1.165, 1.54) is 13.2 Å². The maximum Gasteiger partial charge on any atom is 0.167 e. The van der Waals surface area contributed by atoms with Gasteiger partial charge in [-0.05, 0) is 18.8 Å². The van der Waals surface area contributed by atoms with Crippen molar-refractivity contribution in [2.75, 3.05) is 30.8 Å². The molecular formula is C13H19FN2O. The average Bonchev–Trinajstić information content (AvgIpc) is 2.31. The molecule has 2 rings (SSSR count). The number of hydrogen-bond acceptors (Lipinski definition) is 3. The van der Waals surface area contributed by atoms with Gasteiger partial charge in [0.1, 0.15) is 0 Å². The third kappa shape index (κ3) is 2.46. The predicted octanol–water partition coefficient (Wildman–Crippen LogP) is 2.65. The molecule has 4 heteroatoms. The first-order chi connectivity index (χ1) is 8.11. The lowest BCUT2D eigenvalue weighted by molar-refractivity contribution is 0.386. The molecule has 1 heterocycles. The van der Waals surface area contributed by atoms with Crippen LogP contribution in [0.3, 0.4) is 0 Å². The first-order valence-electron chi connectivity index (χ1n) is 5.99. The molecule has 1 saturated heterocycles. The van der Waals surface area contributed by atoms with Crippen molar-refractivity contribution in [2.24, 2.45) is 5.92 Å². The molecule has 1 fully saturated rings. The SMILES string of the molecule is COc1cc(N2CCC(C)CC2)c(N)cc1F. The van der Waals surface area contributed by atoms with Crippen LogP contribution in [0.1, 0.15) is 19.8 Å². The minimum absolute atomic E-state index is 0.257. The van der Waals surface area contributed by atoms with Gasteiger partial charge in [-0.15, -0.1) is 0 Å². The Morgan fingerprint density at radius 1 is 1.35 bits per heavy atom. The minimum atomic E-state index is -0.404. The van der Waals surface area contributed by atoms with Gasteiger partial charge < -0.3 is 15.4 Å². The Hall–Kier alpha value is -1.45. The molecule has 0 saturated carbocycles. The lowest BCUT2D eigenvalue weighted by Crippen LogP contribution is -2.33. The monoisotopic (exact) mass is 238 g/mol. The van der Waals surface area contributed by atoms with Gasteiger partial charge in [-0.2, -0.15) is 0 Å². The Bertz CT molecular complexity index is 401. The molecule has 0 radical (unpaired) electrons. The number of nitrogen functional groups attached to an aromatic ring is 1. The molecule has 0 aromatic heterocycles. The number of nitrogens with zero attached hydrogens (tertiary/aromatic N) is 1. The predicted molar refractivity (Wildman–Crippen MR) is 68.0 cm³/mol. The van der Waals surface area contributed by atoms with Crippen LogP contribution in [-0.2, 0) is 0 Å². The van der Waals surface area contributed by atoms with E-state index < -0.39 is 5.82 Å². The maximum absolute atomic E-state index is 13.4. The Balaban J connectivity index is 2.25. The van der Waals surface area contributed by atoms with Crippen LogP contribution >= 0.6 is 0 Å². The van der Waals surface area contributed by atoms with E-state index in [0.717, 1.165) is 37.5 Å². The van der Waals surface area contributed by atoms with Gasteiger partial charge >= 0.3 is 0 Å². The van der Waals surface area contributed by atoms with Crippen LogP contribution in [0.15, 0.2) is 12.1 Å². The molecule has 0 atom stereocenters. The Morgan fingerprint density at radius 2 is 2.00 bits per heavy atom. The lowest BCUT2D eigenvalue weighted by Gasteiger charge is -2.33. The van der Waals surface area contributed by atoms with Crippen molar-refractivity contribution in [3.63, 3.8) is 0 Å². The quantitative estimate of drug-likeness (QED) is 0.805. The summed E-state index contributed by atoms with van der Waals surface area (Å²) in [5.74, 6) is 0.613. The fourth-order valence-corrected chi connectivity index (χ4v) is 2.24. The highest BCUT2D eigenvalue weighted by Crippen LogP contribution is 2.33. The Labute approximate surface area is 101 Å². The molecule has 1 aliphatic rings. The standard InChI is InChI=1S/C13H19FN2O/c1-9-3-5-16(6-4-9)12-8-13(17-2)10(14)7-11(12)15/h7-9H,3-6,15H2,1-2H3. The molecular weight excluding hydrogens is 219 g/mol. The normalized spacial score (nSPS) is 17.2. The summed E-state index contributed by atoms with van der Waals surface area (Å²) in [6.07, 6.45) is 2.30. The van der Waals surface area contributed by atoms with Gasteiger partial charge in [0.05, 0.1) is 18.5 Å². The highest BCUT2D eigenvalue weighted by atomic mass is 19.1. The molecule has 3 nitrogen and oxygen atoms in total. The number of nitrogens with two attached hydrogens (primary N) is 1. The largest absolute Gasteiger partial charge is 0.494 e. The summed E-state index contributed by atoms with van der Waals surface area (Å²) in [5.41, 5.74) is 7.24. The van der Waals surface area contributed by atoms with Gasteiger partial charge in [0.2, 0.25) is 0 Å². The lowest BCUT2D eigenvalue weighted by atomic mass is 9.98. The second kappa shape index (κ2) is 4.82. The zero-order valence-electron chi connectivity index (χ0n) is 10.4. The fourth-order valence-electron chi connectivity index (χ4n) is 2.24. The van der Waals surface area contributed by atoms with Crippen molar-refractivity contribution >= 4 is 11.4 Å². The number of benzene rings is 1. The number of piperidine rings is 1. The molecule has 0 amide bonds. The van der Waals surface area contributed by atoms with Crippen LogP contribution in [0.25, 0.3) is 0 Å².